The molecule has 23 heavy (non-hydrogen) atoms. The lowest BCUT2D eigenvalue weighted by Crippen LogP contribution is -1.85. The first-order valence-corrected chi connectivity index (χ1v) is 8.46. The Balaban J connectivity index is 2.05. The third-order valence-electron chi connectivity index (χ3n) is 4.14. The maximum Gasteiger partial charge on any atom is 0.0991 e. The topological polar surface area (TPSA) is 23.8 Å². The van der Waals surface area contributed by atoms with E-state index in [2.05, 4.69) is 89.3 Å². The van der Waals surface area contributed by atoms with Crippen LogP contribution in [0, 0.1) is 14.9 Å². The molecule has 2 heteroatoms. The van der Waals surface area contributed by atoms with Crippen molar-refractivity contribution in [3.63, 3.8) is 0 Å². The lowest BCUT2D eigenvalue weighted by molar-refractivity contribution is 1.50. The molecule has 0 bridgehead atoms. The molecule has 0 amide bonds. The Labute approximate surface area is 148 Å². The molecular formula is C21H12IN. The highest BCUT2D eigenvalue weighted by Gasteiger charge is 2.08. The molecule has 0 N–H and O–H groups in total. The van der Waals surface area contributed by atoms with Crippen LogP contribution in [0.25, 0.3) is 32.7 Å². The van der Waals surface area contributed by atoms with E-state index in [-0.39, 0.29) is 0 Å². The second-order valence-electron chi connectivity index (χ2n) is 5.52. The highest BCUT2D eigenvalue weighted by atomic mass is 127. The number of nitriles is 1. The van der Waals surface area contributed by atoms with Gasteiger partial charge in [-0.25, -0.2) is 0 Å². The van der Waals surface area contributed by atoms with Crippen molar-refractivity contribution in [3.05, 3.63) is 81.9 Å². The Morgan fingerprint density at radius 3 is 1.96 bits per heavy atom. The smallest absolute Gasteiger partial charge is 0.0991 e. The van der Waals surface area contributed by atoms with Gasteiger partial charge in [0.2, 0.25) is 0 Å². The van der Waals surface area contributed by atoms with Gasteiger partial charge in [-0.05, 0) is 79.5 Å². The Kier molecular flexibility index (Phi) is 3.51. The quantitative estimate of drug-likeness (QED) is 0.349. The van der Waals surface area contributed by atoms with E-state index in [1.807, 2.05) is 12.1 Å². The van der Waals surface area contributed by atoms with Gasteiger partial charge in [-0.1, -0.05) is 48.5 Å². The van der Waals surface area contributed by atoms with E-state index in [0.29, 0.717) is 5.56 Å². The van der Waals surface area contributed by atoms with Gasteiger partial charge in [0.25, 0.3) is 0 Å². The van der Waals surface area contributed by atoms with E-state index < -0.39 is 0 Å². The van der Waals surface area contributed by atoms with Crippen molar-refractivity contribution in [2.75, 3.05) is 0 Å². The molecule has 4 aromatic carbocycles. The number of benzene rings is 4. The van der Waals surface area contributed by atoms with Crippen molar-refractivity contribution in [2.24, 2.45) is 0 Å². The van der Waals surface area contributed by atoms with Crippen LogP contribution >= 0.6 is 22.6 Å². The van der Waals surface area contributed by atoms with E-state index in [4.69, 9.17) is 5.26 Å². The van der Waals surface area contributed by atoms with Crippen LogP contribution in [0.4, 0.5) is 0 Å². The van der Waals surface area contributed by atoms with E-state index in [1.54, 1.807) is 0 Å². The summed E-state index contributed by atoms with van der Waals surface area (Å²) in [7, 11) is 0. The first kappa shape index (κ1) is 14.2. The van der Waals surface area contributed by atoms with Gasteiger partial charge in [0.05, 0.1) is 11.6 Å². The molecule has 0 aliphatic carbocycles. The molecule has 0 saturated heterocycles. The Morgan fingerprint density at radius 2 is 1.30 bits per heavy atom. The average molecular weight is 405 g/mol. The molecule has 0 aliphatic heterocycles. The molecule has 4 rings (SSSR count). The van der Waals surface area contributed by atoms with Crippen molar-refractivity contribution >= 4 is 44.1 Å². The highest BCUT2D eigenvalue weighted by Crippen LogP contribution is 2.34. The number of fused-ring (bicyclic) bond motifs is 2. The zero-order valence-corrected chi connectivity index (χ0v) is 14.4. The summed E-state index contributed by atoms with van der Waals surface area (Å²) in [5.74, 6) is 0. The fourth-order valence-electron chi connectivity index (χ4n) is 3.08. The van der Waals surface area contributed by atoms with E-state index in [0.717, 1.165) is 5.39 Å². The number of nitrogens with zero attached hydrogens (tertiary/aromatic N) is 1. The molecule has 0 unspecified atom stereocenters. The third kappa shape index (κ3) is 2.47. The van der Waals surface area contributed by atoms with Crippen LogP contribution < -0.4 is 0 Å². The minimum Gasteiger partial charge on any atom is -0.192 e. The van der Waals surface area contributed by atoms with Gasteiger partial charge in [-0.15, -0.1) is 0 Å². The standard InChI is InChI=1S/C21H12IN/c22-17-8-10-19-16(12-17)4-2-6-21(19)20-5-1-3-15-11-14(13-23)7-9-18(15)20/h1-12H. The van der Waals surface area contributed by atoms with Crippen LogP contribution in [0.1, 0.15) is 5.56 Å². The first-order valence-electron chi connectivity index (χ1n) is 7.38. The number of hydrogen-bond acceptors (Lipinski definition) is 1. The molecule has 0 aliphatic rings. The van der Waals surface area contributed by atoms with Crippen molar-refractivity contribution in [2.45, 2.75) is 0 Å². The van der Waals surface area contributed by atoms with Crippen molar-refractivity contribution in [3.8, 4) is 17.2 Å². The molecule has 0 radical (unpaired) electrons. The second kappa shape index (κ2) is 5.68. The normalized spacial score (nSPS) is 10.8. The van der Waals surface area contributed by atoms with Gasteiger partial charge in [0.15, 0.2) is 0 Å². The summed E-state index contributed by atoms with van der Waals surface area (Å²) in [5, 5.41) is 13.9. The summed E-state index contributed by atoms with van der Waals surface area (Å²) in [5.41, 5.74) is 3.13. The molecule has 108 valence electrons. The first-order chi connectivity index (χ1) is 11.3. The average Bonchev–Trinajstić information content (AvgIpc) is 2.60. The Hall–Kier alpha value is -2.38. The molecule has 0 atom stereocenters. The fraction of sp³-hybridized carbons (Fsp3) is 0. The molecule has 0 spiro atoms. The number of rotatable bonds is 1. The predicted molar refractivity (Wildman–Crippen MR) is 104 cm³/mol. The van der Waals surface area contributed by atoms with Gasteiger partial charge in [-0.2, -0.15) is 5.26 Å². The lowest BCUT2D eigenvalue weighted by Gasteiger charge is -2.11. The third-order valence-corrected chi connectivity index (χ3v) is 4.81. The molecule has 4 aromatic rings. The zero-order chi connectivity index (χ0) is 15.8. The predicted octanol–water partition coefficient (Wildman–Crippen LogP) is 6.14. The van der Waals surface area contributed by atoms with Gasteiger partial charge >= 0.3 is 0 Å². The summed E-state index contributed by atoms with van der Waals surface area (Å²) in [4.78, 5) is 0. The molecular weight excluding hydrogens is 393 g/mol. The monoisotopic (exact) mass is 405 g/mol. The maximum absolute atomic E-state index is 9.10. The lowest BCUT2D eigenvalue weighted by atomic mass is 9.93. The highest BCUT2D eigenvalue weighted by molar-refractivity contribution is 14.1. The second-order valence-corrected chi connectivity index (χ2v) is 6.77. The van der Waals surface area contributed by atoms with Gasteiger partial charge in [0.1, 0.15) is 0 Å². The van der Waals surface area contributed by atoms with Crippen molar-refractivity contribution in [1.82, 2.24) is 0 Å². The number of halogens is 1. The maximum atomic E-state index is 9.10. The summed E-state index contributed by atoms with van der Waals surface area (Å²) >= 11 is 2.35. The largest absolute Gasteiger partial charge is 0.192 e. The summed E-state index contributed by atoms with van der Waals surface area (Å²) < 4.78 is 1.24. The summed E-state index contributed by atoms with van der Waals surface area (Å²) in [6.45, 7) is 0. The molecule has 1 nitrogen and oxygen atoms in total. The van der Waals surface area contributed by atoms with Crippen molar-refractivity contribution < 1.29 is 0 Å². The minimum atomic E-state index is 0.696. The molecule has 0 heterocycles. The van der Waals surface area contributed by atoms with E-state index >= 15 is 0 Å². The van der Waals surface area contributed by atoms with Crippen LogP contribution in [0.3, 0.4) is 0 Å². The zero-order valence-electron chi connectivity index (χ0n) is 12.3. The molecule has 0 aromatic heterocycles. The SMILES string of the molecule is N#Cc1ccc2c(-c3cccc4cc(I)ccc34)cccc2c1. The van der Waals surface area contributed by atoms with Gasteiger partial charge in [0, 0.05) is 3.57 Å². The summed E-state index contributed by atoms with van der Waals surface area (Å²) in [6.07, 6.45) is 0. The van der Waals surface area contributed by atoms with Crippen LogP contribution in [0.2, 0.25) is 0 Å². The van der Waals surface area contributed by atoms with Crippen LogP contribution in [0.15, 0.2) is 72.8 Å². The number of hydrogen-bond donors (Lipinski definition) is 0. The Bertz CT molecular complexity index is 1090. The summed E-state index contributed by atoms with van der Waals surface area (Å²) in [6, 6.07) is 27.3. The van der Waals surface area contributed by atoms with Crippen LogP contribution in [-0.4, -0.2) is 0 Å². The molecule has 0 saturated carbocycles. The van der Waals surface area contributed by atoms with Gasteiger partial charge in [-0.3, -0.25) is 0 Å². The van der Waals surface area contributed by atoms with E-state index in [1.165, 1.54) is 30.9 Å². The fourth-order valence-corrected chi connectivity index (χ4v) is 3.59. The van der Waals surface area contributed by atoms with Crippen molar-refractivity contribution in [1.29, 1.82) is 5.26 Å². The Morgan fingerprint density at radius 1 is 0.696 bits per heavy atom. The minimum absolute atomic E-state index is 0.696. The van der Waals surface area contributed by atoms with Crippen LogP contribution in [-0.2, 0) is 0 Å². The molecule has 0 fully saturated rings. The van der Waals surface area contributed by atoms with Gasteiger partial charge < -0.3 is 0 Å². The van der Waals surface area contributed by atoms with E-state index in [9.17, 15) is 0 Å². The van der Waals surface area contributed by atoms with Crippen LogP contribution in [0.5, 0.6) is 0 Å².